The van der Waals surface area contributed by atoms with Crippen LogP contribution in [0.15, 0.2) is 24.3 Å². The fourth-order valence-electron chi connectivity index (χ4n) is 1.19. The van der Waals surface area contributed by atoms with Crippen molar-refractivity contribution in [1.29, 1.82) is 0 Å². The van der Waals surface area contributed by atoms with Crippen LogP contribution in [-0.2, 0) is 10.1 Å². The molecule has 16 heavy (non-hydrogen) atoms. The predicted octanol–water partition coefficient (Wildman–Crippen LogP) is 2.20. The Bertz CT molecular complexity index is 425. The van der Waals surface area contributed by atoms with Crippen LogP contribution in [-0.4, -0.2) is 21.3 Å². The maximum Gasteiger partial charge on any atom is 0.309 e. The summed E-state index contributed by atoms with van der Waals surface area (Å²) in [5.74, 6) is 0.685. The minimum atomic E-state index is -3.51. The Kier molecular flexibility index (Phi) is 4.61. The maximum atomic E-state index is 11.5. The van der Waals surface area contributed by atoms with Gasteiger partial charge in [0.05, 0.1) is 12.9 Å². The first kappa shape index (κ1) is 12.8. The molecule has 4 nitrogen and oxygen atoms in total. The molecule has 0 aliphatic heterocycles. The minimum Gasteiger partial charge on any atom is -0.493 e. The van der Waals surface area contributed by atoms with Crippen LogP contribution < -0.4 is 8.92 Å². The van der Waals surface area contributed by atoms with Crippen LogP contribution in [0.2, 0.25) is 0 Å². The number of hydrogen-bond acceptors (Lipinski definition) is 4. The third kappa shape index (κ3) is 3.73. The Labute approximate surface area is 96.3 Å². The van der Waals surface area contributed by atoms with Crippen LogP contribution in [0.25, 0.3) is 0 Å². The van der Waals surface area contributed by atoms with E-state index >= 15 is 0 Å². The molecule has 0 aromatic heterocycles. The average Bonchev–Trinajstić information content (AvgIpc) is 2.27. The molecular formula is C11H16O4S. The van der Waals surface area contributed by atoms with Gasteiger partial charge in [0, 0.05) is 0 Å². The van der Waals surface area contributed by atoms with Crippen LogP contribution in [0.4, 0.5) is 0 Å². The summed E-state index contributed by atoms with van der Waals surface area (Å²) in [4.78, 5) is 0. The monoisotopic (exact) mass is 244 g/mol. The number of para-hydroxylation sites is 2. The molecule has 0 atom stereocenters. The van der Waals surface area contributed by atoms with Gasteiger partial charge in [0.1, 0.15) is 0 Å². The van der Waals surface area contributed by atoms with E-state index in [0.29, 0.717) is 12.2 Å². The lowest BCUT2D eigenvalue weighted by Gasteiger charge is -2.09. The second-order valence-corrected chi connectivity index (χ2v) is 5.04. The van der Waals surface area contributed by atoms with Crippen LogP contribution in [0.3, 0.4) is 0 Å². The summed E-state index contributed by atoms with van der Waals surface area (Å²) < 4.78 is 33.1. The van der Waals surface area contributed by atoms with Gasteiger partial charge in [-0.15, -0.1) is 0 Å². The van der Waals surface area contributed by atoms with Crippen molar-refractivity contribution < 1.29 is 17.3 Å². The highest BCUT2D eigenvalue weighted by Gasteiger charge is 2.14. The molecule has 1 aromatic carbocycles. The van der Waals surface area contributed by atoms with Crippen molar-refractivity contribution in [1.82, 2.24) is 0 Å². The highest BCUT2D eigenvalue weighted by molar-refractivity contribution is 7.87. The largest absolute Gasteiger partial charge is 0.493 e. The van der Waals surface area contributed by atoms with Crippen LogP contribution >= 0.6 is 0 Å². The van der Waals surface area contributed by atoms with E-state index in [1.165, 1.54) is 7.11 Å². The summed E-state index contributed by atoms with van der Waals surface area (Å²) in [6.07, 6.45) is 1.41. The Hall–Kier alpha value is -1.23. The Balaban J connectivity index is 2.79. The number of rotatable bonds is 6. The molecule has 0 bridgehead atoms. The van der Waals surface area contributed by atoms with E-state index in [2.05, 4.69) is 0 Å². The smallest absolute Gasteiger partial charge is 0.309 e. The van der Waals surface area contributed by atoms with Gasteiger partial charge in [-0.2, -0.15) is 8.42 Å². The molecule has 1 aromatic rings. The predicted molar refractivity (Wildman–Crippen MR) is 62.3 cm³/mol. The fourth-order valence-corrected chi connectivity index (χ4v) is 2.32. The first-order chi connectivity index (χ1) is 7.59. The van der Waals surface area contributed by atoms with Gasteiger partial charge in [0.15, 0.2) is 11.5 Å². The van der Waals surface area contributed by atoms with Crippen LogP contribution in [0.5, 0.6) is 11.5 Å². The molecular weight excluding hydrogens is 228 g/mol. The topological polar surface area (TPSA) is 52.6 Å². The van der Waals surface area contributed by atoms with Crippen LogP contribution in [0, 0.1) is 0 Å². The van der Waals surface area contributed by atoms with Gasteiger partial charge >= 0.3 is 10.1 Å². The van der Waals surface area contributed by atoms with E-state index in [4.69, 9.17) is 8.92 Å². The normalized spacial score (nSPS) is 11.1. The van der Waals surface area contributed by atoms with Crippen molar-refractivity contribution in [2.75, 3.05) is 12.9 Å². The second kappa shape index (κ2) is 5.75. The molecule has 1 rings (SSSR count). The van der Waals surface area contributed by atoms with E-state index < -0.39 is 10.1 Å². The lowest BCUT2D eigenvalue weighted by Crippen LogP contribution is -2.14. The standard InChI is InChI=1S/C11H16O4S/c1-3-4-9-16(12,13)15-11-8-6-5-7-10(11)14-2/h5-8H,3-4,9H2,1-2H3. The SMILES string of the molecule is CCCCS(=O)(=O)Oc1ccccc1OC. The molecule has 0 radical (unpaired) electrons. The van der Waals surface area contributed by atoms with Crippen molar-refractivity contribution in [3.63, 3.8) is 0 Å². The van der Waals surface area contributed by atoms with Crippen LogP contribution in [0.1, 0.15) is 19.8 Å². The zero-order valence-corrected chi connectivity index (χ0v) is 10.3. The van der Waals surface area contributed by atoms with Crippen molar-refractivity contribution in [2.24, 2.45) is 0 Å². The van der Waals surface area contributed by atoms with E-state index in [-0.39, 0.29) is 11.5 Å². The summed E-state index contributed by atoms with van der Waals surface area (Å²) in [6, 6.07) is 6.69. The van der Waals surface area contributed by atoms with Gasteiger partial charge in [0.2, 0.25) is 0 Å². The van der Waals surface area contributed by atoms with Crippen molar-refractivity contribution in [3.05, 3.63) is 24.3 Å². The highest BCUT2D eigenvalue weighted by Crippen LogP contribution is 2.27. The zero-order valence-electron chi connectivity index (χ0n) is 9.47. The summed E-state index contributed by atoms with van der Waals surface area (Å²) >= 11 is 0. The molecule has 0 fully saturated rings. The summed E-state index contributed by atoms with van der Waals surface area (Å²) in [7, 11) is -2.04. The average molecular weight is 244 g/mol. The molecule has 5 heteroatoms. The first-order valence-corrected chi connectivity index (χ1v) is 6.72. The van der Waals surface area contributed by atoms with Gasteiger partial charge in [-0.3, -0.25) is 0 Å². The Morgan fingerprint density at radius 3 is 2.38 bits per heavy atom. The highest BCUT2D eigenvalue weighted by atomic mass is 32.2. The molecule has 0 amide bonds. The van der Waals surface area contributed by atoms with E-state index in [0.717, 1.165) is 6.42 Å². The molecule has 0 saturated carbocycles. The number of hydrogen-bond donors (Lipinski definition) is 0. The maximum absolute atomic E-state index is 11.5. The lowest BCUT2D eigenvalue weighted by molar-refractivity contribution is 0.390. The van der Waals surface area contributed by atoms with Crippen molar-refractivity contribution >= 4 is 10.1 Å². The first-order valence-electron chi connectivity index (χ1n) is 5.14. The van der Waals surface area contributed by atoms with E-state index in [1.54, 1.807) is 24.3 Å². The number of methoxy groups -OCH3 is 1. The van der Waals surface area contributed by atoms with Crippen molar-refractivity contribution in [2.45, 2.75) is 19.8 Å². The van der Waals surface area contributed by atoms with Gasteiger partial charge < -0.3 is 8.92 Å². The lowest BCUT2D eigenvalue weighted by atomic mass is 10.3. The molecule has 0 heterocycles. The fraction of sp³-hybridized carbons (Fsp3) is 0.455. The molecule has 0 saturated heterocycles. The van der Waals surface area contributed by atoms with Gasteiger partial charge in [-0.1, -0.05) is 25.5 Å². The zero-order chi connectivity index (χ0) is 12.0. The molecule has 90 valence electrons. The molecule has 0 spiro atoms. The van der Waals surface area contributed by atoms with Gasteiger partial charge in [-0.05, 0) is 18.6 Å². The molecule has 0 unspecified atom stereocenters. The summed E-state index contributed by atoms with van der Waals surface area (Å²) in [5, 5.41) is 0. The third-order valence-electron chi connectivity index (χ3n) is 2.03. The van der Waals surface area contributed by atoms with E-state index in [1.807, 2.05) is 6.92 Å². The van der Waals surface area contributed by atoms with E-state index in [9.17, 15) is 8.42 Å². The second-order valence-electron chi connectivity index (χ2n) is 3.35. The van der Waals surface area contributed by atoms with Crippen molar-refractivity contribution in [3.8, 4) is 11.5 Å². The third-order valence-corrected chi connectivity index (χ3v) is 3.26. The van der Waals surface area contributed by atoms with Gasteiger partial charge in [-0.25, -0.2) is 0 Å². The Morgan fingerprint density at radius 1 is 1.19 bits per heavy atom. The number of benzene rings is 1. The summed E-state index contributed by atoms with van der Waals surface area (Å²) in [5.41, 5.74) is 0. The minimum absolute atomic E-state index is 0.0293. The molecule has 0 aliphatic carbocycles. The molecule has 0 aliphatic rings. The summed E-state index contributed by atoms with van der Waals surface area (Å²) in [6.45, 7) is 1.93. The number of unbranched alkanes of at least 4 members (excludes halogenated alkanes) is 1. The quantitative estimate of drug-likeness (QED) is 0.720. The molecule has 0 N–H and O–H groups in total. The van der Waals surface area contributed by atoms with Gasteiger partial charge in [0.25, 0.3) is 0 Å². The Morgan fingerprint density at radius 2 is 1.81 bits per heavy atom. The number of ether oxygens (including phenoxy) is 1.